The molecule has 0 aromatic heterocycles. The second kappa shape index (κ2) is 9.82. The average Bonchev–Trinajstić information content (AvgIpc) is 2.50. The number of nitrogens with one attached hydrogen (secondary N) is 1. The molecule has 0 heterocycles. The zero-order chi connectivity index (χ0) is 16.4. The molecule has 122 valence electrons. The average molecular weight is 307 g/mol. The molecule has 22 heavy (non-hydrogen) atoms. The largest absolute Gasteiger partial charge is 0.491 e. The Hall–Kier alpha value is -2.04. The number of amides is 1. The lowest BCUT2D eigenvalue weighted by Gasteiger charge is -2.13. The Kier molecular flexibility index (Phi) is 8.04. The van der Waals surface area contributed by atoms with Crippen LogP contribution in [0, 0.1) is 0 Å². The van der Waals surface area contributed by atoms with E-state index in [1.165, 1.54) is 0 Å². The maximum absolute atomic E-state index is 11.9. The molecule has 1 aromatic carbocycles. The van der Waals surface area contributed by atoms with Crippen LogP contribution in [0.3, 0.4) is 0 Å². The van der Waals surface area contributed by atoms with E-state index in [0.29, 0.717) is 30.9 Å². The number of hydrogen-bond acceptors (Lipinski definition) is 3. The fourth-order valence-electron chi connectivity index (χ4n) is 1.97. The second-order valence-electron chi connectivity index (χ2n) is 5.22. The van der Waals surface area contributed by atoms with Gasteiger partial charge in [0.1, 0.15) is 5.75 Å². The van der Waals surface area contributed by atoms with Crippen LogP contribution in [0.2, 0.25) is 0 Å². The Morgan fingerprint density at radius 3 is 2.59 bits per heavy atom. The molecule has 0 aliphatic rings. The molecule has 1 aromatic rings. The number of carboxylic acids is 1. The third kappa shape index (κ3) is 6.61. The van der Waals surface area contributed by atoms with Crippen molar-refractivity contribution >= 4 is 17.6 Å². The van der Waals surface area contributed by atoms with E-state index in [1.807, 2.05) is 19.9 Å². The fraction of sp³-hybridized carbons (Fsp3) is 0.529. The highest BCUT2D eigenvalue weighted by Gasteiger charge is 2.10. The number of rotatable bonds is 10. The topological polar surface area (TPSA) is 75.6 Å². The standard InChI is InChI=1S/C17H25NO4/c1-3-5-6-16(19)18-14-12-13(8-10-17(20)21)7-9-15(14)22-11-4-2/h7,9,12H,3-6,8,10-11H2,1-2H3,(H,18,19)(H,20,21). The molecule has 0 bridgehead atoms. The van der Waals surface area contributed by atoms with E-state index in [9.17, 15) is 9.59 Å². The van der Waals surface area contributed by atoms with Crippen LogP contribution in [-0.4, -0.2) is 23.6 Å². The summed E-state index contributed by atoms with van der Waals surface area (Å²) < 4.78 is 5.64. The monoisotopic (exact) mass is 307 g/mol. The summed E-state index contributed by atoms with van der Waals surface area (Å²) in [5.74, 6) is -0.246. The Bertz CT molecular complexity index is 499. The van der Waals surface area contributed by atoms with E-state index in [2.05, 4.69) is 5.32 Å². The van der Waals surface area contributed by atoms with Gasteiger partial charge in [0.25, 0.3) is 0 Å². The molecule has 0 atom stereocenters. The normalized spacial score (nSPS) is 10.3. The first-order chi connectivity index (χ1) is 10.6. The van der Waals surface area contributed by atoms with E-state index >= 15 is 0 Å². The number of benzene rings is 1. The van der Waals surface area contributed by atoms with Gasteiger partial charge in [0.15, 0.2) is 0 Å². The molecule has 5 nitrogen and oxygen atoms in total. The van der Waals surface area contributed by atoms with E-state index in [4.69, 9.17) is 9.84 Å². The number of carboxylic acid groups (broad SMARTS) is 1. The minimum Gasteiger partial charge on any atom is -0.491 e. The van der Waals surface area contributed by atoms with Gasteiger partial charge in [-0.2, -0.15) is 0 Å². The van der Waals surface area contributed by atoms with Crippen LogP contribution in [0.1, 0.15) is 51.5 Å². The van der Waals surface area contributed by atoms with Gasteiger partial charge in [-0.05, 0) is 37.0 Å². The van der Waals surface area contributed by atoms with Crippen LogP contribution in [-0.2, 0) is 16.0 Å². The number of carbonyl (C=O) groups is 2. The molecule has 0 unspecified atom stereocenters. The number of unbranched alkanes of at least 4 members (excludes halogenated alkanes) is 1. The Morgan fingerprint density at radius 2 is 1.95 bits per heavy atom. The predicted octanol–water partition coefficient (Wildman–Crippen LogP) is 3.62. The summed E-state index contributed by atoms with van der Waals surface area (Å²) in [5.41, 5.74) is 1.49. The van der Waals surface area contributed by atoms with Crippen molar-refractivity contribution in [2.24, 2.45) is 0 Å². The first kappa shape index (κ1) is 18.0. The van der Waals surface area contributed by atoms with Crippen molar-refractivity contribution < 1.29 is 19.4 Å². The molecular formula is C17H25NO4. The van der Waals surface area contributed by atoms with E-state index < -0.39 is 5.97 Å². The summed E-state index contributed by atoms with van der Waals surface area (Å²) >= 11 is 0. The van der Waals surface area contributed by atoms with Crippen molar-refractivity contribution in [2.45, 2.75) is 52.4 Å². The van der Waals surface area contributed by atoms with Crippen molar-refractivity contribution in [1.82, 2.24) is 0 Å². The summed E-state index contributed by atoms with van der Waals surface area (Å²) in [4.78, 5) is 22.6. The van der Waals surface area contributed by atoms with Crippen LogP contribution in [0.5, 0.6) is 5.75 Å². The maximum Gasteiger partial charge on any atom is 0.303 e. The van der Waals surface area contributed by atoms with E-state index in [0.717, 1.165) is 24.8 Å². The van der Waals surface area contributed by atoms with Crippen molar-refractivity contribution in [3.8, 4) is 5.75 Å². The Labute approximate surface area is 131 Å². The SMILES string of the molecule is CCCCC(=O)Nc1cc(CCC(=O)O)ccc1OCCC. The second-order valence-corrected chi connectivity index (χ2v) is 5.22. The van der Waals surface area contributed by atoms with Crippen LogP contribution in [0.15, 0.2) is 18.2 Å². The first-order valence-corrected chi connectivity index (χ1v) is 7.84. The third-order valence-electron chi connectivity index (χ3n) is 3.16. The van der Waals surface area contributed by atoms with Gasteiger partial charge in [0.05, 0.1) is 12.3 Å². The molecular weight excluding hydrogens is 282 g/mol. The van der Waals surface area contributed by atoms with Crippen molar-refractivity contribution in [3.63, 3.8) is 0 Å². The Balaban J connectivity index is 2.83. The summed E-state index contributed by atoms with van der Waals surface area (Å²) in [5, 5.41) is 11.6. The van der Waals surface area contributed by atoms with E-state index in [-0.39, 0.29) is 12.3 Å². The zero-order valence-electron chi connectivity index (χ0n) is 13.4. The molecule has 0 saturated carbocycles. The van der Waals surface area contributed by atoms with Gasteiger partial charge in [-0.3, -0.25) is 9.59 Å². The molecule has 0 spiro atoms. The smallest absolute Gasteiger partial charge is 0.303 e. The summed E-state index contributed by atoms with van der Waals surface area (Å²) in [6.07, 6.45) is 3.66. The van der Waals surface area contributed by atoms with E-state index in [1.54, 1.807) is 12.1 Å². The third-order valence-corrected chi connectivity index (χ3v) is 3.16. The van der Waals surface area contributed by atoms with Crippen molar-refractivity contribution in [1.29, 1.82) is 0 Å². The van der Waals surface area contributed by atoms with Crippen LogP contribution in [0.25, 0.3) is 0 Å². The predicted molar refractivity (Wildman–Crippen MR) is 86.3 cm³/mol. The molecule has 0 radical (unpaired) electrons. The molecule has 0 aliphatic carbocycles. The van der Waals surface area contributed by atoms with Gasteiger partial charge >= 0.3 is 5.97 Å². The zero-order valence-corrected chi connectivity index (χ0v) is 13.4. The van der Waals surface area contributed by atoms with Gasteiger partial charge in [0, 0.05) is 12.8 Å². The lowest BCUT2D eigenvalue weighted by Crippen LogP contribution is -2.13. The number of aliphatic carboxylic acids is 1. The highest BCUT2D eigenvalue weighted by Crippen LogP contribution is 2.27. The molecule has 2 N–H and O–H groups in total. The van der Waals surface area contributed by atoms with Crippen LogP contribution < -0.4 is 10.1 Å². The van der Waals surface area contributed by atoms with Crippen LogP contribution in [0.4, 0.5) is 5.69 Å². The molecule has 0 saturated heterocycles. The quantitative estimate of drug-likeness (QED) is 0.692. The number of aryl methyl sites for hydroxylation is 1. The van der Waals surface area contributed by atoms with Gasteiger partial charge in [-0.15, -0.1) is 0 Å². The number of carbonyl (C=O) groups excluding carboxylic acids is 1. The fourth-order valence-corrected chi connectivity index (χ4v) is 1.97. The lowest BCUT2D eigenvalue weighted by molar-refractivity contribution is -0.137. The molecule has 1 rings (SSSR count). The lowest BCUT2D eigenvalue weighted by atomic mass is 10.1. The number of ether oxygens (including phenoxy) is 1. The molecule has 1 amide bonds. The summed E-state index contributed by atoms with van der Waals surface area (Å²) in [7, 11) is 0. The summed E-state index contributed by atoms with van der Waals surface area (Å²) in [6.45, 7) is 4.63. The highest BCUT2D eigenvalue weighted by molar-refractivity contribution is 5.92. The molecule has 0 aliphatic heterocycles. The molecule has 5 heteroatoms. The molecule has 0 fully saturated rings. The number of anilines is 1. The van der Waals surface area contributed by atoms with Gasteiger partial charge in [-0.1, -0.05) is 26.3 Å². The van der Waals surface area contributed by atoms with Crippen LogP contribution >= 0.6 is 0 Å². The van der Waals surface area contributed by atoms with Gasteiger partial charge in [0.2, 0.25) is 5.91 Å². The minimum absolute atomic E-state index is 0.0430. The minimum atomic E-state index is -0.833. The van der Waals surface area contributed by atoms with Crippen molar-refractivity contribution in [2.75, 3.05) is 11.9 Å². The Morgan fingerprint density at radius 1 is 1.18 bits per heavy atom. The highest BCUT2D eigenvalue weighted by atomic mass is 16.5. The van der Waals surface area contributed by atoms with Gasteiger partial charge in [-0.25, -0.2) is 0 Å². The first-order valence-electron chi connectivity index (χ1n) is 7.84. The summed E-state index contributed by atoms with van der Waals surface area (Å²) in [6, 6.07) is 5.44. The van der Waals surface area contributed by atoms with Gasteiger partial charge < -0.3 is 15.2 Å². The number of hydrogen-bond donors (Lipinski definition) is 2. The van der Waals surface area contributed by atoms with Crippen molar-refractivity contribution in [3.05, 3.63) is 23.8 Å². The maximum atomic E-state index is 11.9.